The highest BCUT2D eigenvalue weighted by atomic mass is 16.6. The molecule has 1 heterocycles. The molecule has 1 aliphatic heterocycles. The molecule has 1 aliphatic rings. The van der Waals surface area contributed by atoms with E-state index in [4.69, 9.17) is 14.2 Å². The van der Waals surface area contributed by atoms with Crippen LogP contribution in [-0.2, 0) is 28.5 Å². The number of hydrogen-bond acceptors (Lipinski definition) is 7. The maximum Gasteiger partial charge on any atom is 0.302 e. The second-order valence-corrected chi connectivity index (χ2v) is 5.05. The number of hydrogen-bond donors (Lipinski definition) is 1. The molecule has 0 aliphatic carbocycles. The molecular weight excluding hydrogens is 280 g/mol. The van der Waals surface area contributed by atoms with Gasteiger partial charge in [-0.3, -0.25) is 9.59 Å². The third-order valence-corrected chi connectivity index (χ3v) is 2.54. The van der Waals surface area contributed by atoms with E-state index in [0.717, 1.165) is 6.42 Å². The van der Waals surface area contributed by atoms with Crippen molar-refractivity contribution < 1.29 is 33.6 Å². The van der Waals surface area contributed by atoms with E-state index in [-0.39, 0.29) is 18.2 Å². The second-order valence-electron chi connectivity index (χ2n) is 5.05. The lowest BCUT2D eigenvalue weighted by Gasteiger charge is -2.30. The van der Waals surface area contributed by atoms with Crippen LogP contribution in [0.3, 0.4) is 0 Å². The number of rotatable bonds is 6. The first kappa shape index (κ1) is 19.8. The van der Waals surface area contributed by atoms with Crippen molar-refractivity contribution in [2.45, 2.75) is 58.5 Å². The topological polar surface area (TPSA) is 91.3 Å². The summed E-state index contributed by atoms with van der Waals surface area (Å²) in [6, 6.07) is 0. The normalized spacial score (nSPS) is 21.8. The lowest BCUT2D eigenvalue weighted by molar-refractivity contribution is -0.203. The predicted octanol–water partition coefficient (Wildman–Crippen LogP) is 1.02. The van der Waals surface area contributed by atoms with E-state index in [1.165, 1.54) is 6.92 Å². The molecule has 0 spiro atoms. The van der Waals surface area contributed by atoms with Crippen molar-refractivity contribution in [2.75, 3.05) is 19.8 Å². The largest absolute Gasteiger partial charge is 0.466 e. The number of carbonyl (C=O) groups is 2. The van der Waals surface area contributed by atoms with Crippen LogP contribution in [0, 0.1) is 0 Å². The van der Waals surface area contributed by atoms with Crippen LogP contribution in [0.4, 0.5) is 0 Å². The molecule has 2 atom stereocenters. The van der Waals surface area contributed by atoms with Crippen molar-refractivity contribution in [3.8, 4) is 0 Å². The monoisotopic (exact) mass is 306 g/mol. The van der Waals surface area contributed by atoms with Gasteiger partial charge in [0.25, 0.3) is 6.47 Å². The second kappa shape index (κ2) is 10.5. The molecule has 7 nitrogen and oxygen atoms in total. The molecule has 0 aromatic carbocycles. The molecule has 1 rings (SSSR count). The van der Waals surface area contributed by atoms with Gasteiger partial charge < -0.3 is 24.1 Å². The summed E-state index contributed by atoms with van der Waals surface area (Å²) in [4.78, 5) is 20.0. The Bertz CT molecular complexity index is 298. The fourth-order valence-corrected chi connectivity index (χ4v) is 1.66. The Balaban J connectivity index is 0.000000567. The number of aliphatic hydroxyl groups is 1. The average molecular weight is 306 g/mol. The van der Waals surface area contributed by atoms with Crippen LogP contribution >= 0.6 is 0 Å². The molecule has 0 aromatic rings. The van der Waals surface area contributed by atoms with Gasteiger partial charge in [-0.15, -0.1) is 0 Å². The molecule has 0 saturated carbocycles. The Kier molecular flexibility index (Phi) is 9.94. The zero-order valence-corrected chi connectivity index (χ0v) is 13.2. The Morgan fingerprint density at radius 3 is 2.57 bits per heavy atom. The molecule has 1 N–H and O–H groups in total. The van der Waals surface area contributed by atoms with Crippen LogP contribution in [0.5, 0.6) is 0 Å². The third-order valence-electron chi connectivity index (χ3n) is 2.54. The van der Waals surface area contributed by atoms with E-state index >= 15 is 0 Å². The zero-order chi connectivity index (χ0) is 16.3. The lowest BCUT2D eigenvalue weighted by Crippen LogP contribution is -2.36. The molecule has 7 heteroatoms. The molecule has 0 amide bonds. The smallest absolute Gasteiger partial charge is 0.302 e. The maximum atomic E-state index is 10.2. The number of carbonyl (C=O) groups excluding carboxylic acids is 2. The van der Waals surface area contributed by atoms with E-state index < -0.39 is 5.79 Å². The summed E-state index contributed by atoms with van der Waals surface area (Å²) in [6.07, 6.45) is 1.13. The van der Waals surface area contributed by atoms with Gasteiger partial charge in [0.2, 0.25) is 0 Å². The van der Waals surface area contributed by atoms with Crippen molar-refractivity contribution in [1.29, 1.82) is 0 Å². The highest BCUT2D eigenvalue weighted by Crippen LogP contribution is 2.18. The average Bonchev–Trinajstić information content (AvgIpc) is 2.37. The molecular formula is C14H26O7. The number of ether oxygens (including phenoxy) is 4. The van der Waals surface area contributed by atoms with Crippen LogP contribution in [0.15, 0.2) is 0 Å². The Hall–Kier alpha value is -1.18. The molecule has 1 fully saturated rings. The van der Waals surface area contributed by atoms with Gasteiger partial charge in [-0.1, -0.05) is 0 Å². The van der Waals surface area contributed by atoms with Gasteiger partial charge in [0.15, 0.2) is 5.79 Å². The SMILES string of the molecule is CC(C)(O)OCC1CC(OC=O)CCO1.CCOC(C)=O. The molecule has 0 bridgehead atoms. The fraction of sp³-hybridized carbons (Fsp3) is 0.857. The van der Waals surface area contributed by atoms with Crippen LogP contribution < -0.4 is 0 Å². The molecule has 1 saturated heterocycles. The van der Waals surface area contributed by atoms with E-state index in [9.17, 15) is 14.7 Å². The van der Waals surface area contributed by atoms with Crippen molar-refractivity contribution in [2.24, 2.45) is 0 Å². The fourth-order valence-electron chi connectivity index (χ4n) is 1.66. The van der Waals surface area contributed by atoms with Crippen LogP contribution in [-0.4, -0.2) is 55.4 Å². The third kappa shape index (κ3) is 12.3. The van der Waals surface area contributed by atoms with Gasteiger partial charge in [0, 0.05) is 19.8 Å². The Morgan fingerprint density at radius 2 is 2.14 bits per heavy atom. The first-order valence-electron chi connectivity index (χ1n) is 6.98. The minimum absolute atomic E-state index is 0.0911. The van der Waals surface area contributed by atoms with E-state index in [2.05, 4.69) is 4.74 Å². The highest BCUT2D eigenvalue weighted by Gasteiger charge is 2.25. The summed E-state index contributed by atoms with van der Waals surface area (Å²) in [5.41, 5.74) is 0. The molecule has 124 valence electrons. The molecule has 0 aromatic heterocycles. The summed E-state index contributed by atoms with van der Waals surface area (Å²) in [6.45, 7) is 8.11. The van der Waals surface area contributed by atoms with Crippen molar-refractivity contribution in [3.63, 3.8) is 0 Å². The number of esters is 1. The summed E-state index contributed by atoms with van der Waals surface area (Å²) >= 11 is 0. The summed E-state index contributed by atoms with van der Waals surface area (Å²) in [5, 5.41) is 9.35. The minimum Gasteiger partial charge on any atom is -0.466 e. The quantitative estimate of drug-likeness (QED) is 0.445. The lowest BCUT2D eigenvalue weighted by atomic mass is 10.1. The standard InChI is InChI=1S/C10H18O5.C4H8O2/c1-10(2,12)15-6-9-5-8(14-7-11)3-4-13-9;1-3-6-4(2)5/h7-9,12H,3-6H2,1-2H3;3H2,1-2H3. The van der Waals surface area contributed by atoms with Gasteiger partial charge >= 0.3 is 5.97 Å². The summed E-state index contributed by atoms with van der Waals surface area (Å²) in [5.74, 6) is -1.36. The minimum atomic E-state index is -1.15. The first-order valence-corrected chi connectivity index (χ1v) is 6.98. The highest BCUT2D eigenvalue weighted by molar-refractivity contribution is 5.65. The van der Waals surface area contributed by atoms with Crippen LogP contribution in [0.2, 0.25) is 0 Å². The van der Waals surface area contributed by atoms with Crippen molar-refractivity contribution >= 4 is 12.4 Å². The first-order chi connectivity index (χ1) is 9.78. The predicted molar refractivity (Wildman–Crippen MR) is 74.5 cm³/mol. The summed E-state index contributed by atoms with van der Waals surface area (Å²) < 4.78 is 19.9. The van der Waals surface area contributed by atoms with Gasteiger partial charge in [0.1, 0.15) is 6.10 Å². The summed E-state index contributed by atoms with van der Waals surface area (Å²) in [7, 11) is 0. The molecule has 0 radical (unpaired) electrons. The molecule has 21 heavy (non-hydrogen) atoms. The van der Waals surface area contributed by atoms with E-state index in [1.54, 1.807) is 20.8 Å². The Morgan fingerprint density at radius 1 is 1.48 bits per heavy atom. The van der Waals surface area contributed by atoms with Crippen molar-refractivity contribution in [3.05, 3.63) is 0 Å². The van der Waals surface area contributed by atoms with Gasteiger partial charge in [-0.05, 0) is 20.8 Å². The zero-order valence-electron chi connectivity index (χ0n) is 13.2. The van der Waals surface area contributed by atoms with E-state index in [1.807, 2.05) is 0 Å². The van der Waals surface area contributed by atoms with Crippen LogP contribution in [0.1, 0.15) is 40.5 Å². The maximum absolute atomic E-state index is 10.2. The van der Waals surface area contributed by atoms with Gasteiger partial charge in [-0.2, -0.15) is 0 Å². The van der Waals surface area contributed by atoms with Gasteiger partial charge in [0.05, 0.1) is 25.9 Å². The van der Waals surface area contributed by atoms with Crippen LogP contribution in [0.25, 0.3) is 0 Å². The molecule has 2 unspecified atom stereocenters. The van der Waals surface area contributed by atoms with E-state index in [0.29, 0.717) is 32.7 Å². The Labute approximate surface area is 125 Å². The van der Waals surface area contributed by atoms with Gasteiger partial charge in [-0.25, -0.2) is 0 Å². The van der Waals surface area contributed by atoms with Crippen molar-refractivity contribution in [1.82, 2.24) is 0 Å².